The Hall–Kier alpha value is -1.42. The fraction of sp³-hybridized carbons (Fsp3) is 0.222. The molecule has 1 aromatic carbocycles. The fourth-order valence-corrected chi connectivity index (χ4v) is 3.91. The van der Waals surface area contributed by atoms with Crippen LogP contribution in [0.3, 0.4) is 0 Å². The molecule has 2 aromatic heterocycles. The lowest BCUT2D eigenvalue weighted by Gasteiger charge is -2.04. The highest BCUT2D eigenvalue weighted by molar-refractivity contribution is 7.14. The standard InChI is InChI=1S/C18H19NS2/c1-2-14-5-7-15(8-6-14)11-19-12-17-10-16(13-21-17)18-4-3-9-20-18/h3-10,13,19H,2,11-12H2,1H3. The van der Waals surface area contributed by atoms with Crippen molar-refractivity contribution in [2.75, 3.05) is 0 Å². The first-order chi connectivity index (χ1) is 10.3. The first-order valence-electron chi connectivity index (χ1n) is 7.25. The molecule has 0 amide bonds. The molecule has 0 aliphatic heterocycles. The second-order valence-electron chi connectivity index (χ2n) is 5.05. The Bertz CT molecular complexity index is 666. The quantitative estimate of drug-likeness (QED) is 0.648. The summed E-state index contributed by atoms with van der Waals surface area (Å²) in [6.07, 6.45) is 1.11. The van der Waals surface area contributed by atoms with Crippen LogP contribution in [0.4, 0.5) is 0 Å². The van der Waals surface area contributed by atoms with Gasteiger partial charge in [-0.05, 0) is 40.4 Å². The predicted molar refractivity (Wildman–Crippen MR) is 94.0 cm³/mol. The van der Waals surface area contributed by atoms with E-state index in [0.29, 0.717) is 0 Å². The summed E-state index contributed by atoms with van der Waals surface area (Å²) in [5, 5.41) is 7.91. The number of rotatable bonds is 6. The molecule has 3 rings (SSSR count). The summed E-state index contributed by atoms with van der Waals surface area (Å²) in [4.78, 5) is 2.75. The number of hydrogen-bond acceptors (Lipinski definition) is 3. The van der Waals surface area contributed by atoms with Crippen molar-refractivity contribution in [3.63, 3.8) is 0 Å². The minimum Gasteiger partial charge on any atom is -0.308 e. The second kappa shape index (κ2) is 7.03. The minimum atomic E-state index is 0.927. The Balaban J connectivity index is 1.53. The van der Waals surface area contributed by atoms with Crippen LogP contribution in [-0.2, 0) is 19.5 Å². The van der Waals surface area contributed by atoms with E-state index in [2.05, 4.69) is 65.5 Å². The van der Waals surface area contributed by atoms with Crippen LogP contribution in [0.15, 0.2) is 53.2 Å². The third kappa shape index (κ3) is 3.82. The largest absolute Gasteiger partial charge is 0.308 e. The molecule has 108 valence electrons. The zero-order valence-corrected chi connectivity index (χ0v) is 13.8. The molecule has 0 fully saturated rings. The molecule has 0 radical (unpaired) electrons. The SMILES string of the molecule is CCc1ccc(CNCc2cc(-c3cccs3)cs2)cc1. The number of nitrogens with one attached hydrogen (secondary N) is 1. The zero-order chi connectivity index (χ0) is 14.5. The van der Waals surface area contributed by atoms with Crippen molar-refractivity contribution in [1.29, 1.82) is 0 Å². The molecular formula is C18H19NS2. The molecule has 1 N–H and O–H groups in total. The normalized spacial score (nSPS) is 10.9. The van der Waals surface area contributed by atoms with E-state index < -0.39 is 0 Å². The number of thiophene rings is 2. The van der Waals surface area contributed by atoms with Gasteiger partial charge in [-0.1, -0.05) is 37.3 Å². The molecule has 0 spiro atoms. The van der Waals surface area contributed by atoms with E-state index in [-0.39, 0.29) is 0 Å². The molecule has 0 aliphatic carbocycles. The van der Waals surface area contributed by atoms with E-state index in [1.165, 1.54) is 26.4 Å². The molecule has 21 heavy (non-hydrogen) atoms. The van der Waals surface area contributed by atoms with E-state index in [1.54, 1.807) is 11.3 Å². The van der Waals surface area contributed by atoms with Gasteiger partial charge in [0, 0.05) is 28.4 Å². The first-order valence-corrected chi connectivity index (χ1v) is 9.01. The molecule has 0 saturated heterocycles. The molecule has 0 atom stereocenters. The van der Waals surface area contributed by atoms with Gasteiger partial charge in [-0.3, -0.25) is 0 Å². The summed E-state index contributed by atoms with van der Waals surface area (Å²) < 4.78 is 0. The summed E-state index contributed by atoms with van der Waals surface area (Å²) in [5.74, 6) is 0. The van der Waals surface area contributed by atoms with Gasteiger partial charge in [0.25, 0.3) is 0 Å². The molecule has 3 aromatic rings. The van der Waals surface area contributed by atoms with Crippen LogP contribution in [0.2, 0.25) is 0 Å². The van der Waals surface area contributed by atoms with E-state index in [4.69, 9.17) is 0 Å². The summed E-state index contributed by atoms with van der Waals surface area (Å²) in [6.45, 7) is 4.05. The van der Waals surface area contributed by atoms with Crippen molar-refractivity contribution < 1.29 is 0 Å². The van der Waals surface area contributed by atoms with Gasteiger partial charge in [-0.25, -0.2) is 0 Å². The van der Waals surface area contributed by atoms with Crippen LogP contribution in [-0.4, -0.2) is 0 Å². The zero-order valence-electron chi connectivity index (χ0n) is 12.1. The van der Waals surface area contributed by atoms with Gasteiger partial charge >= 0.3 is 0 Å². The lowest BCUT2D eigenvalue weighted by atomic mass is 10.1. The van der Waals surface area contributed by atoms with Crippen molar-refractivity contribution in [2.24, 2.45) is 0 Å². The third-order valence-electron chi connectivity index (χ3n) is 3.52. The van der Waals surface area contributed by atoms with Crippen molar-refractivity contribution >= 4 is 22.7 Å². The van der Waals surface area contributed by atoms with E-state index >= 15 is 0 Å². The molecule has 3 heteroatoms. The third-order valence-corrected chi connectivity index (χ3v) is 5.37. The van der Waals surface area contributed by atoms with Gasteiger partial charge in [0.1, 0.15) is 0 Å². The Labute approximate surface area is 134 Å². The minimum absolute atomic E-state index is 0.927. The Kier molecular flexibility index (Phi) is 4.86. The molecule has 1 nitrogen and oxygen atoms in total. The van der Waals surface area contributed by atoms with Gasteiger partial charge < -0.3 is 5.32 Å². The first kappa shape index (κ1) is 14.5. The Morgan fingerprint density at radius 2 is 1.76 bits per heavy atom. The summed E-state index contributed by atoms with van der Waals surface area (Å²) in [5.41, 5.74) is 4.10. The maximum atomic E-state index is 3.53. The highest BCUT2D eigenvalue weighted by Gasteiger charge is 2.03. The maximum absolute atomic E-state index is 3.53. The van der Waals surface area contributed by atoms with Crippen LogP contribution in [0.25, 0.3) is 10.4 Å². The van der Waals surface area contributed by atoms with Crippen LogP contribution in [0.1, 0.15) is 22.9 Å². The molecule has 0 unspecified atom stereocenters. The van der Waals surface area contributed by atoms with Gasteiger partial charge in [-0.2, -0.15) is 0 Å². The molecule has 0 saturated carbocycles. The smallest absolute Gasteiger partial charge is 0.0351 e. The predicted octanol–water partition coefficient (Wildman–Crippen LogP) is 5.33. The highest BCUT2D eigenvalue weighted by Crippen LogP contribution is 2.29. The van der Waals surface area contributed by atoms with Crippen LogP contribution in [0, 0.1) is 0 Å². The molecule has 0 aliphatic rings. The summed E-state index contributed by atoms with van der Waals surface area (Å²) in [6, 6.07) is 15.5. The number of hydrogen-bond donors (Lipinski definition) is 1. The fourth-order valence-electron chi connectivity index (χ4n) is 2.27. The lowest BCUT2D eigenvalue weighted by molar-refractivity contribution is 0.701. The molecule has 2 heterocycles. The monoisotopic (exact) mass is 313 g/mol. The topological polar surface area (TPSA) is 12.0 Å². The second-order valence-corrected chi connectivity index (χ2v) is 7.00. The number of benzene rings is 1. The van der Waals surface area contributed by atoms with Crippen molar-refractivity contribution in [3.05, 3.63) is 69.2 Å². The van der Waals surface area contributed by atoms with Gasteiger partial charge in [0.2, 0.25) is 0 Å². The maximum Gasteiger partial charge on any atom is 0.0351 e. The van der Waals surface area contributed by atoms with Crippen molar-refractivity contribution in [1.82, 2.24) is 5.32 Å². The highest BCUT2D eigenvalue weighted by atomic mass is 32.1. The van der Waals surface area contributed by atoms with Crippen molar-refractivity contribution in [2.45, 2.75) is 26.4 Å². The van der Waals surface area contributed by atoms with Crippen LogP contribution in [0.5, 0.6) is 0 Å². The van der Waals surface area contributed by atoms with Crippen molar-refractivity contribution in [3.8, 4) is 10.4 Å². The molecular weight excluding hydrogens is 294 g/mol. The van der Waals surface area contributed by atoms with E-state index in [1.807, 2.05) is 11.3 Å². The lowest BCUT2D eigenvalue weighted by Crippen LogP contribution is -2.11. The number of aryl methyl sites for hydroxylation is 1. The molecule has 0 bridgehead atoms. The van der Waals surface area contributed by atoms with E-state index in [9.17, 15) is 0 Å². The average molecular weight is 313 g/mol. The Morgan fingerprint density at radius 3 is 2.48 bits per heavy atom. The van der Waals surface area contributed by atoms with Gasteiger partial charge in [0.15, 0.2) is 0 Å². The summed E-state index contributed by atoms with van der Waals surface area (Å²) in [7, 11) is 0. The average Bonchev–Trinajstić information content (AvgIpc) is 3.19. The van der Waals surface area contributed by atoms with Gasteiger partial charge in [-0.15, -0.1) is 22.7 Å². The Morgan fingerprint density at radius 1 is 0.952 bits per heavy atom. The van der Waals surface area contributed by atoms with Gasteiger partial charge in [0.05, 0.1) is 0 Å². The van der Waals surface area contributed by atoms with Crippen LogP contribution >= 0.6 is 22.7 Å². The summed E-state index contributed by atoms with van der Waals surface area (Å²) >= 11 is 3.63. The van der Waals surface area contributed by atoms with E-state index in [0.717, 1.165) is 19.5 Å². The van der Waals surface area contributed by atoms with Crippen LogP contribution < -0.4 is 5.32 Å².